The lowest BCUT2D eigenvalue weighted by molar-refractivity contribution is -0.164. The van der Waals surface area contributed by atoms with E-state index in [0.717, 1.165) is 0 Å². The number of nitrogens with zero attached hydrogens (tertiary/aromatic N) is 2. The normalized spacial score (nSPS) is 22.8. The van der Waals surface area contributed by atoms with E-state index in [4.69, 9.17) is 21.6 Å². The summed E-state index contributed by atoms with van der Waals surface area (Å²) in [5.74, 6) is 0.449. The van der Waals surface area contributed by atoms with E-state index in [1.54, 1.807) is 24.4 Å². The van der Waals surface area contributed by atoms with E-state index in [9.17, 15) is 4.79 Å². The number of nitrogens with one attached hydrogen (secondary N) is 2. The summed E-state index contributed by atoms with van der Waals surface area (Å²) >= 11 is 6.10. The zero-order valence-electron chi connectivity index (χ0n) is 15.1. The smallest absolute Gasteiger partial charge is 0.254 e. The average Bonchev–Trinajstić information content (AvgIpc) is 3.11. The lowest BCUT2D eigenvalue weighted by Gasteiger charge is -2.63. The molecular formula is C19H21ClN4O2. The van der Waals surface area contributed by atoms with Gasteiger partial charge >= 0.3 is 0 Å². The minimum absolute atomic E-state index is 0.0729. The minimum Gasteiger partial charge on any atom is -0.489 e. The van der Waals surface area contributed by atoms with Crippen molar-refractivity contribution in [2.45, 2.75) is 39.8 Å². The maximum absolute atomic E-state index is 12.4. The quantitative estimate of drug-likeness (QED) is 0.858. The molecule has 1 aromatic heterocycles. The number of nitriles is 1. The van der Waals surface area contributed by atoms with Crippen LogP contribution in [0.3, 0.4) is 0 Å². The fraction of sp³-hybridized carbons (Fsp3) is 0.421. The topological polar surface area (TPSA) is 90.8 Å². The molecule has 0 saturated heterocycles. The fourth-order valence-corrected chi connectivity index (χ4v) is 4.40. The molecule has 2 N–H and O–H groups in total. The summed E-state index contributed by atoms with van der Waals surface area (Å²) < 4.78 is 6.20. The van der Waals surface area contributed by atoms with Crippen molar-refractivity contribution in [3.8, 4) is 11.8 Å². The average molecular weight is 373 g/mol. The van der Waals surface area contributed by atoms with Crippen molar-refractivity contribution in [1.82, 2.24) is 15.5 Å². The van der Waals surface area contributed by atoms with Gasteiger partial charge in [0.2, 0.25) is 0 Å². The van der Waals surface area contributed by atoms with Gasteiger partial charge in [0, 0.05) is 29.1 Å². The lowest BCUT2D eigenvalue weighted by atomic mass is 9.49. The summed E-state index contributed by atoms with van der Waals surface area (Å²) in [6.45, 7) is 8.26. The molecule has 136 valence electrons. The van der Waals surface area contributed by atoms with Gasteiger partial charge in [0.15, 0.2) is 0 Å². The Hall–Kier alpha value is -2.52. The Labute approximate surface area is 157 Å². The molecule has 0 bridgehead atoms. The number of carbonyl (C=O) groups excluding carboxylic acids is 1. The van der Waals surface area contributed by atoms with Gasteiger partial charge in [-0.15, -0.1) is 0 Å². The fourth-order valence-electron chi connectivity index (χ4n) is 4.19. The molecular weight excluding hydrogens is 352 g/mol. The third kappa shape index (κ3) is 2.93. The van der Waals surface area contributed by atoms with Crippen LogP contribution in [-0.2, 0) is 0 Å². The molecule has 0 radical (unpaired) electrons. The Kier molecular flexibility index (Phi) is 4.45. The standard InChI is InChI=1S/C19H21ClN4O2/c1-18(2)16(24-15(25)12-9-22-23-10-12)19(3,4)17(18)26-13-6-5-11(8-21)14(20)7-13/h5-7,9-10,16-17H,1-4H3,(H,22,23)(H,24,25). The first-order chi connectivity index (χ1) is 12.2. The number of rotatable bonds is 4. The van der Waals surface area contributed by atoms with Gasteiger partial charge in [-0.05, 0) is 12.1 Å². The van der Waals surface area contributed by atoms with Crippen LogP contribution in [0.2, 0.25) is 5.02 Å². The SMILES string of the molecule is CC1(C)C(NC(=O)c2cn[nH]c2)C(C)(C)C1Oc1ccc(C#N)c(Cl)c1. The molecule has 0 unspecified atom stereocenters. The van der Waals surface area contributed by atoms with Crippen molar-refractivity contribution in [3.63, 3.8) is 0 Å². The first kappa shape index (κ1) is 18.3. The second-order valence-corrected chi connectivity index (χ2v) is 8.19. The Balaban J connectivity index is 1.77. The largest absolute Gasteiger partial charge is 0.489 e. The van der Waals surface area contributed by atoms with Gasteiger partial charge in [-0.2, -0.15) is 10.4 Å². The van der Waals surface area contributed by atoms with Gasteiger partial charge in [-0.3, -0.25) is 9.89 Å². The number of benzene rings is 1. The van der Waals surface area contributed by atoms with Crippen molar-refractivity contribution in [1.29, 1.82) is 5.26 Å². The van der Waals surface area contributed by atoms with Crippen LogP contribution in [-0.4, -0.2) is 28.3 Å². The second-order valence-electron chi connectivity index (χ2n) is 7.79. The van der Waals surface area contributed by atoms with Crippen LogP contribution in [0.1, 0.15) is 43.6 Å². The molecule has 1 amide bonds. The first-order valence-corrected chi connectivity index (χ1v) is 8.71. The monoisotopic (exact) mass is 372 g/mol. The Morgan fingerprint density at radius 1 is 1.35 bits per heavy atom. The number of halogens is 1. The molecule has 26 heavy (non-hydrogen) atoms. The molecule has 0 aliphatic heterocycles. The third-order valence-electron chi connectivity index (χ3n) is 5.19. The van der Waals surface area contributed by atoms with E-state index in [0.29, 0.717) is 21.9 Å². The van der Waals surface area contributed by atoms with E-state index in [2.05, 4.69) is 43.2 Å². The van der Waals surface area contributed by atoms with E-state index < -0.39 is 0 Å². The summed E-state index contributed by atoms with van der Waals surface area (Å²) in [6.07, 6.45) is 2.94. The molecule has 1 aromatic carbocycles. The molecule has 6 nitrogen and oxygen atoms in total. The van der Waals surface area contributed by atoms with E-state index >= 15 is 0 Å². The van der Waals surface area contributed by atoms with Gasteiger partial charge in [-0.25, -0.2) is 0 Å². The maximum atomic E-state index is 12.4. The van der Waals surface area contributed by atoms with Crippen LogP contribution in [0.5, 0.6) is 5.75 Å². The van der Waals surface area contributed by atoms with Crippen molar-refractivity contribution in [2.24, 2.45) is 10.8 Å². The highest BCUT2D eigenvalue weighted by Crippen LogP contribution is 2.55. The van der Waals surface area contributed by atoms with Crippen LogP contribution in [0.25, 0.3) is 0 Å². The summed E-state index contributed by atoms with van der Waals surface area (Å²) in [4.78, 5) is 12.4. The predicted molar refractivity (Wildman–Crippen MR) is 98.0 cm³/mol. The van der Waals surface area contributed by atoms with Crippen molar-refractivity contribution in [3.05, 3.63) is 46.7 Å². The number of aromatic amines is 1. The number of hydrogen-bond acceptors (Lipinski definition) is 4. The molecule has 2 aromatic rings. The van der Waals surface area contributed by atoms with E-state index in [-0.39, 0.29) is 28.9 Å². The van der Waals surface area contributed by atoms with Crippen molar-refractivity contribution >= 4 is 17.5 Å². The number of ether oxygens (including phenoxy) is 1. The molecule has 7 heteroatoms. The van der Waals surface area contributed by atoms with Crippen LogP contribution in [0.15, 0.2) is 30.6 Å². The van der Waals surface area contributed by atoms with Crippen LogP contribution < -0.4 is 10.1 Å². The predicted octanol–water partition coefficient (Wildman–Crippen LogP) is 3.55. The Morgan fingerprint density at radius 3 is 2.58 bits per heavy atom. The van der Waals surface area contributed by atoms with Gasteiger partial charge in [-0.1, -0.05) is 39.3 Å². The van der Waals surface area contributed by atoms with Crippen LogP contribution in [0, 0.1) is 22.2 Å². The third-order valence-corrected chi connectivity index (χ3v) is 5.50. The summed E-state index contributed by atoms with van der Waals surface area (Å²) in [7, 11) is 0. The Morgan fingerprint density at radius 2 is 2.04 bits per heavy atom. The molecule has 0 spiro atoms. The molecule has 3 rings (SSSR count). The van der Waals surface area contributed by atoms with Gasteiger partial charge in [0.05, 0.1) is 22.3 Å². The number of aromatic nitrogens is 2. The van der Waals surface area contributed by atoms with Gasteiger partial charge < -0.3 is 10.1 Å². The number of amides is 1. The zero-order valence-corrected chi connectivity index (χ0v) is 15.9. The molecule has 1 fully saturated rings. The highest BCUT2D eigenvalue weighted by atomic mass is 35.5. The van der Waals surface area contributed by atoms with Crippen LogP contribution >= 0.6 is 11.6 Å². The summed E-state index contributed by atoms with van der Waals surface area (Å²) in [5, 5.41) is 18.9. The summed E-state index contributed by atoms with van der Waals surface area (Å²) in [6, 6.07) is 7.01. The minimum atomic E-state index is -0.288. The first-order valence-electron chi connectivity index (χ1n) is 8.34. The molecule has 1 saturated carbocycles. The number of H-pyrrole nitrogens is 1. The van der Waals surface area contributed by atoms with E-state index in [1.807, 2.05) is 6.07 Å². The lowest BCUT2D eigenvalue weighted by Crippen LogP contribution is -2.74. The highest BCUT2D eigenvalue weighted by Gasteiger charge is 2.64. The number of hydrogen-bond donors (Lipinski definition) is 2. The maximum Gasteiger partial charge on any atom is 0.254 e. The van der Waals surface area contributed by atoms with Crippen molar-refractivity contribution < 1.29 is 9.53 Å². The van der Waals surface area contributed by atoms with Gasteiger partial charge in [0.1, 0.15) is 17.9 Å². The molecule has 1 aliphatic carbocycles. The molecule has 1 heterocycles. The van der Waals surface area contributed by atoms with Gasteiger partial charge in [0.25, 0.3) is 5.91 Å². The second kappa shape index (κ2) is 6.33. The Bertz CT molecular complexity index is 852. The number of carbonyl (C=O) groups is 1. The molecule has 1 aliphatic rings. The van der Waals surface area contributed by atoms with Crippen molar-refractivity contribution in [2.75, 3.05) is 0 Å². The van der Waals surface area contributed by atoms with Crippen LogP contribution in [0.4, 0.5) is 0 Å². The molecule has 0 atom stereocenters. The van der Waals surface area contributed by atoms with E-state index in [1.165, 1.54) is 6.20 Å². The highest BCUT2D eigenvalue weighted by molar-refractivity contribution is 6.31. The zero-order chi connectivity index (χ0) is 19.1. The summed E-state index contributed by atoms with van der Waals surface area (Å²) in [5.41, 5.74) is 0.336.